The van der Waals surface area contributed by atoms with Crippen LogP contribution in [0.3, 0.4) is 0 Å². The minimum absolute atomic E-state index is 1.15. The van der Waals surface area contributed by atoms with Gasteiger partial charge < -0.3 is 0 Å². The third-order valence-corrected chi connectivity index (χ3v) is 6.37. The molecule has 0 atom stereocenters. The summed E-state index contributed by atoms with van der Waals surface area (Å²) in [6.45, 7) is 0. The molecular weight excluding hydrogens is 390 g/mol. The minimum Gasteiger partial charge on any atom is -0.295 e. The molecule has 3 heterocycles. The highest BCUT2D eigenvalue weighted by Crippen LogP contribution is 2.40. The van der Waals surface area contributed by atoms with Crippen LogP contribution in [0.1, 0.15) is 0 Å². The van der Waals surface area contributed by atoms with Crippen molar-refractivity contribution in [3.63, 3.8) is 0 Å². The molecule has 0 unspecified atom stereocenters. The third-order valence-electron chi connectivity index (χ3n) is 6.37. The van der Waals surface area contributed by atoms with Gasteiger partial charge in [0.05, 0.1) is 11.0 Å². The molecule has 0 spiro atoms. The zero-order valence-electron chi connectivity index (χ0n) is 17.3. The van der Waals surface area contributed by atoms with Gasteiger partial charge in [-0.15, -0.1) is 0 Å². The molecule has 3 aromatic heterocycles. The molecule has 0 N–H and O–H groups in total. The fourth-order valence-corrected chi connectivity index (χ4v) is 5.01. The van der Waals surface area contributed by atoms with Crippen LogP contribution in [-0.2, 0) is 0 Å². The average molecular weight is 409 g/mol. The number of aromatic nitrogens is 3. The van der Waals surface area contributed by atoms with Crippen LogP contribution in [-0.4, -0.2) is 14.1 Å². The van der Waals surface area contributed by atoms with Gasteiger partial charge in [0.2, 0.25) is 0 Å². The highest BCUT2D eigenvalue weighted by atomic mass is 15.1. The molecule has 0 radical (unpaired) electrons. The monoisotopic (exact) mass is 409 g/mol. The lowest BCUT2D eigenvalue weighted by atomic mass is 10.1. The van der Waals surface area contributed by atoms with Crippen molar-refractivity contribution in [1.29, 1.82) is 0 Å². The van der Waals surface area contributed by atoms with Gasteiger partial charge in [0.15, 0.2) is 0 Å². The summed E-state index contributed by atoms with van der Waals surface area (Å²) in [5.41, 5.74) is 5.92. The zero-order chi connectivity index (χ0) is 21.1. The van der Waals surface area contributed by atoms with E-state index in [1.54, 1.807) is 0 Å². The second-order valence-electron chi connectivity index (χ2n) is 8.15. The molecule has 3 heteroatoms. The maximum atomic E-state index is 4.28. The quantitative estimate of drug-likeness (QED) is 0.294. The van der Waals surface area contributed by atoms with Crippen molar-refractivity contribution < 1.29 is 0 Å². The molecule has 0 bridgehead atoms. The summed E-state index contributed by atoms with van der Waals surface area (Å²) < 4.78 is 4.79. The first-order valence-electron chi connectivity index (χ1n) is 10.8. The van der Waals surface area contributed by atoms with Crippen LogP contribution in [0.5, 0.6) is 0 Å². The normalized spacial score (nSPS) is 11.8. The molecule has 0 saturated heterocycles. The van der Waals surface area contributed by atoms with E-state index in [1.807, 2.05) is 12.4 Å². The number of nitrogens with zero attached hydrogens (tertiary/aromatic N) is 3. The van der Waals surface area contributed by atoms with E-state index in [1.165, 1.54) is 38.2 Å². The van der Waals surface area contributed by atoms with Gasteiger partial charge in [-0.1, -0.05) is 60.7 Å². The fourth-order valence-electron chi connectivity index (χ4n) is 5.01. The largest absolute Gasteiger partial charge is 0.295 e. The highest BCUT2D eigenvalue weighted by Gasteiger charge is 2.21. The predicted molar refractivity (Wildman–Crippen MR) is 133 cm³/mol. The Morgan fingerprint density at radius 3 is 1.94 bits per heavy atom. The van der Waals surface area contributed by atoms with E-state index < -0.39 is 0 Å². The Hall–Kier alpha value is -4.37. The predicted octanol–water partition coefficient (Wildman–Crippen LogP) is 7.28. The molecular formula is C29H19N3. The van der Waals surface area contributed by atoms with E-state index >= 15 is 0 Å². The number of hydrogen-bond donors (Lipinski definition) is 0. The highest BCUT2D eigenvalue weighted by molar-refractivity contribution is 6.22. The summed E-state index contributed by atoms with van der Waals surface area (Å²) in [6.07, 6.45) is 3.78. The third kappa shape index (κ3) is 2.33. The summed E-state index contributed by atoms with van der Waals surface area (Å²) in [4.78, 5) is 4.28. The van der Waals surface area contributed by atoms with Gasteiger partial charge in [0.1, 0.15) is 5.65 Å². The number of hydrogen-bond acceptors (Lipinski definition) is 1. The van der Waals surface area contributed by atoms with E-state index in [-0.39, 0.29) is 0 Å². The number of para-hydroxylation sites is 3. The maximum Gasteiger partial charge on any atom is 0.131 e. The van der Waals surface area contributed by atoms with Gasteiger partial charge in [0.25, 0.3) is 0 Å². The van der Waals surface area contributed by atoms with Gasteiger partial charge in [-0.2, -0.15) is 0 Å². The average Bonchev–Trinajstić information content (AvgIpc) is 3.37. The molecule has 3 nitrogen and oxygen atoms in total. The Labute approximate surface area is 184 Å². The standard InChI is InChI=1S/C29H19N3/c1-2-8-22(9-3-1)31-26-12-6-4-10-24(26)28-25-11-5-7-13-27(25)32(29(28)31)23-15-14-21-19-30-17-16-20(21)18-23/h1-19H. The first-order valence-corrected chi connectivity index (χ1v) is 10.8. The molecule has 7 aromatic rings. The SMILES string of the molecule is c1ccc(-n2c3ccccc3c3c4ccccc4n(-c4ccc5cnccc5c4)c32)cc1. The summed E-state index contributed by atoms with van der Waals surface area (Å²) in [6, 6.07) is 36.7. The van der Waals surface area contributed by atoms with Gasteiger partial charge in [0, 0.05) is 45.3 Å². The molecule has 0 saturated carbocycles. The van der Waals surface area contributed by atoms with Gasteiger partial charge in [-0.3, -0.25) is 14.1 Å². The van der Waals surface area contributed by atoms with Gasteiger partial charge in [-0.05, 0) is 47.9 Å². The molecule has 7 rings (SSSR count). The van der Waals surface area contributed by atoms with Crippen molar-refractivity contribution in [3.8, 4) is 11.4 Å². The number of pyridine rings is 1. The summed E-state index contributed by atoms with van der Waals surface area (Å²) in [5.74, 6) is 0. The van der Waals surface area contributed by atoms with Crippen LogP contribution in [0.15, 0.2) is 116 Å². The Kier molecular flexibility index (Phi) is 3.55. The Balaban J connectivity index is 1.72. The molecule has 0 amide bonds. The van der Waals surface area contributed by atoms with E-state index in [2.05, 4.69) is 117 Å². The first-order chi connectivity index (χ1) is 15.9. The smallest absolute Gasteiger partial charge is 0.131 e. The van der Waals surface area contributed by atoms with E-state index in [9.17, 15) is 0 Å². The zero-order valence-corrected chi connectivity index (χ0v) is 17.3. The topological polar surface area (TPSA) is 22.8 Å². The van der Waals surface area contributed by atoms with Crippen molar-refractivity contribution in [2.24, 2.45) is 0 Å². The van der Waals surface area contributed by atoms with Crippen molar-refractivity contribution in [2.45, 2.75) is 0 Å². The molecule has 0 aliphatic carbocycles. The number of rotatable bonds is 2. The lowest BCUT2D eigenvalue weighted by molar-refractivity contribution is 1.07. The Bertz CT molecular complexity index is 1770. The van der Waals surface area contributed by atoms with Crippen molar-refractivity contribution in [3.05, 3.63) is 116 Å². The lowest BCUT2D eigenvalue weighted by Gasteiger charge is -2.13. The van der Waals surface area contributed by atoms with E-state index in [4.69, 9.17) is 0 Å². The molecule has 32 heavy (non-hydrogen) atoms. The van der Waals surface area contributed by atoms with Crippen LogP contribution in [0.2, 0.25) is 0 Å². The molecule has 0 aliphatic heterocycles. The van der Waals surface area contributed by atoms with Crippen molar-refractivity contribution >= 4 is 43.6 Å². The van der Waals surface area contributed by atoms with Gasteiger partial charge in [-0.25, -0.2) is 0 Å². The van der Waals surface area contributed by atoms with Crippen LogP contribution in [0, 0.1) is 0 Å². The maximum absolute atomic E-state index is 4.28. The first kappa shape index (κ1) is 17.3. The van der Waals surface area contributed by atoms with Crippen LogP contribution < -0.4 is 0 Å². The summed E-state index contributed by atoms with van der Waals surface area (Å²) in [5, 5.41) is 6.16. The second-order valence-corrected chi connectivity index (χ2v) is 8.15. The Morgan fingerprint density at radius 2 is 1.19 bits per heavy atom. The summed E-state index contributed by atoms with van der Waals surface area (Å²) >= 11 is 0. The van der Waals surface area contributed by atoms with E-state index in [0.29, 0.717) is 0 Å². The molecule has 0 aliphatic rings. The lowest BCUT2D eigenvalue weighted by Crippen LogP contribution is -2.01. The Morgan fingerprint density at radius 1 is 0.531 bits per heavy atom. The number of benzene rings is 4. The minimum atomic E-state index is 1.15. The summed E-state index contributed by atoms with van der Waals surface area (Å²) in [7, 11) is 0. The number of fused-ring (bicyclic) bond motifs is 6. The van der Waals surface area contributed by atoms with Crippen LogP contribution in [0.25, 0.3) is 55.0 Å². The van der Waals surface area contributed by atoms with Crippen LogP contribution in [0.4, 0.5) is 0 Å². The fraction of sp³-hybridized carbons (Fsp3) is 0. The van der Waals surface area contributed by atoms with Gasteiger partial charge >= 0.3 is 0 Å². The van der Waals surface area contributed by atoms with Crippen LogP contribution >= 0.6 is 0 Å². The second kappa shape index (κ2) is 6.56. The molecule has 4 aromatic carbocycles. The van der Waals surface area contributed by atoms with Crippen molar-refractivity contribution in [2.75, 3.05) is 0 Å². The molecule has 0 fully saturated rings. The molecule has 150 valence electrons. The van der Waals surface area contributed by atoms with Crippen molar-refractivity contribution in [1.82, 2.24) is 14.1 Å². The van der Waals surface area contributed by atoms with E-state index in [0.717, 1.165) is 16.8 Å².